The van der Waals surface area contributed by atoms with Gasteiger partial charge in [-0.1, -0.05) is 128 Å². The summed E-state index contributed by atoms with van der Waals surface area (Å²) in [6.45, 7) is 8.41. The summed E-state index contributed by atoms with van der Waals surface area (Å²) in [5.41, 5.74) is 0. The number of allylic oxidation sites excluding steroid dienone is 3. The number of rotatable bonds is 21. The second-order valence-corrected chi connectivity index (χ2v) is 8.43. The number of unbranched alkanes of at least 4 members (excludes halogenated alkanes) is 16. The molecule has 0 bridgehead atoms. The van der Waals surface area contributed by atoms with Gasteiger partial charge < -0.3 is 0 Å². The van der Waals surface area contributed by atoms with Gasteiger partial charge in [-0.05, 0) is 31.6 Å². The summed E-state index contributed by atoms with van der Waals surface area (Å²) in [4.78, 5) is 0. The van der Waals surface area contributed by atoms with E-state index in [1.807, 2.05) is 6.08 Å². The molecule has 154 valence electrons. The molecule has 0 aliphatic heterocycles. The highest BCUT2D eigenvalue weighted by Crippen LogP contribution is 2.14. The van der Waals surface area contributed by atoms with E-state index >= 15 is 0 Å². The Balaban J connectivity index is 3.09. The average Bonchev–Trinajstić information content (AvgIpc) is 2.64. The molecule has 0 saturated heterocycles. The van der Waals surface area contributed by atoms with Gasteiger partial charge in [0.25, 0.3) is 0 Å². The Morgan fingerprint density at radius 3 is 1.42 bits per heavy atom. The quantitative estimate of drug-likeness (QED) is 0.141. The molecule has 1 unspecified atom stereocenters. The van der Waals surface area contributed by atoms with Gasteiger partial charge in [0.05, 0.1) is 0 Å². The van der Waals surface area contributed by atoms with E-state index in [1.54, 1.807) is 0 Å². The summed E-state index contributed by atoms with van der Waals surface area (Å²) in [6, 6.07) is 0. The van der Waals surface area contributed by atoms with E-state index in [0.29, 0.717) is 0 Å². The van der Waals surface area contributed by atoms with Gasteiger partial charge in [0.2, 0.25) is 0 Å². The minimum atomic E-state index is 0.759. The lowest BCUT2D eigenvalue weighted by Gasteiger charge is -2.04. The van der Waals surface area contributed by atoms with Crippen LogP contribution in [-0.4, -0.2) is 0 Å². The minimum absolute atomic E-state index is 0.759. The fraction of sp³-hybridized carbons (Fsp3) is 0.846. The molecule has 0 amide bonds. The second-order valence-electron chi connectivity index (χ2n) is 8.43. The first-order valence-electron chi connectivity index (χ1n) is 12.1. The monoisotopic (exact) mass is 362 g/mol. The highest BCUT2D eigenvalue weighted by molar-refractivity contribution is 4.84. The molecule has 26 heavy (non-hydrogen) atoms. The summed E-state index contributed by atoms with van der Waals surface area (Å²) in [7, 11) is 0. The predicted octanol–water partition coefficient (Wildman–Crippen LogP) is 9.80. The Morgan fingerprint density at radius 1 is 0.577 bits per heavy atom. The molecule has 0 saturated carbocycles. The van der Waals surface area contributed by atoms with Crippen LogP contribution in [0.5, 0.6) is 0 Å². The molecule has 1 atom stereocenters. The second kappa shape index (κ2) is 22.5. The predicted molar refractivity (Wildman–Crippen MR) is 122 cm³/mol. The summed E-state index contributed by atoms with van der Waals surface area (Å²) in [5.74, 6) is 0.759. The van der Waals surface area contributed by atoms with Crippen molar-refractivity contribution in [3.05, 3.63) is 24.8 Å². The van der Waals surface area contributed by atoms with E-state index in [2.05, 4.69) is 32.6 Å². The summed E-state index contributed by atoms with van der Waals surface area (Å²) < 4.78 is 0. The first-order valence-corrected chi connectivity index (χ1v) is 12.1. The van der Waals surface area contributed by atoms with Crippen LogP contribution < -0.4 is 0 Å². The van der Waals surface area contributed by atoms with Crippen LogP contribution in [0.25, 0.3) is 0 Å². The van der Waals surface area contributed by atoms with Crippen molar-refractivity contribution in [1.29, 1.82) is 0 Å². The van der Waals surface area contributed by atoms with Crippen molar-refractivity contribution in [1.82, 2.24) is 0 Å². The highest BCUT2D eigenvalue weighted by atomic mass is 14.0. The summed E-state index contributed by atoms with van der Waals surface area (Å²) >= 11 is 0. The van der Waals surface area contributed by atoms with E-state index in [4.69, 9.17) is 0 Å². The van der Waals surface area contributed by atoms with Crippen LogP contribution in [0.4, 0.5) is 0 Å². The first-order chi connectivity index (χ1) is 12.8. The molecule has 0 fully saturated rings. The van der Waals surface area contributed by atoms with Crippen molar-refractivity contribution in [2.45, 2.75) is 136 Å². The van der Waals surface area contributed by atoms with Crippen molar-refractivity contribution in [3.8, 4) is 0 Å². The lowest BCUT2D eigenvalue weighted by atomic mass is 10.0. The molecule has 0 heterocycles. The Kier molecular flexibility index (Phi) is 22.1. The van der Waals surface area contributed by atoms with Crippen molar-refractivity contribution < 1.29 is 0 Å². The van der Waals surface area contributed by atoms with Crippen LogP contribution in [0.2, 0.25) is 0 Å². The van der Waals surface area contributed by atoms with Crippen molar-refractivity contribution in [3.63, 3.8) is 0 Å². The molecule has 0 aliphatic rings. The van der Waals surface area contributed by atoms with Gasteiger partial charge in [0, 0.05) is 0 Å². The Hall–Kier alpha value is -0.520. The van der Waals surface area contributed by atoms with Gasteiger partial charge in [-0.25, -0.2) is 0 Å². The maximum atomic E-state index is 3.81. The molecule has 0 nitrogen and oxygen atoms in total. The lowest BCUT2D eigenvalue weighted by molar-refractivity contribution is 0.530. The third kappa shape index (κ3) is 21.5. The van der Waals surface area contributed by atoms with E-state index < -0.39 is 0 Å². The maximum absolute atomic E-state index is 3.81. The third-order valence-electron chi connectivity index (χ3n) is 5.50. The minimum Gasteiger partial charge on any atom is -0.103 e. The van der Waals surface area contributed by atoms with Crippen molar-refractivity contribution >= 4 is 0 Å². The maximum Gasteiger partial charge on any atom is -0.0322 e. The van der Waals surface area contributed by atoms with Gasteiger partial charge in [0.15, 0.2) is 0 Å². The highest BCUT2D eigenvalue weighted by Gasteiger charge is 1.96. The van der Waals surface area contributed by atoms with Crippen molar-refractivity contribution in [2.24, 2.45) is 5.92 Å². The fourth-order valence-corrected chi connectivity index (χ4v) is 3.64. The average molecular weight is 363 g/mol. The van der Waals surface area contributed by atoms with Gasteiger partial charge in [0.1, 0.15) is 0 Å². The van der Waals surface area contributed by atoms with Gasteiger partial charge >= 0.3 is 0 Å². The topological polar surface area (TPSA) is 0 Å². The van der Waals surface area contributed by atoms with Crippen LogP contribution in [0.3, 0.4) is 0 Å². The number of hydrogen-bond donors (Lipinski definition) is 0. The molecule has 0 rings (SSSR count). The van der Waals surface area contributed by atoms with E-state index in [-0.39, 0.29) is 0 Å². The van der Waals surface area contributed by atoms with Crippen LogP contribution in [0.15, 0.2) is 24.8 Å². The Labute approximate surface area is 166 Å². The molecular weight excluding hydrogens is 312 g/mol. The molecule has 0 aromatic rings. The number of hydrogen-bond acceptors (Lipinski definition) is 0. The Bertz CT molecular complexity index is 288. The normalized spacial score (nSPS) is 12.7. The van der Waals surface area contributed by atoms with E-state index in [1.165, 1.54) is 116 Å². The first kappa shape index (κ1) is 25.5. The standard InChI is InChI=1S/C26H50/c1-4-6-7-8-9-10-11-12-13-14-15-16-17-18-19-20-21-22-23-25-26(3)24-5-2/h5,22-23,26H,2,4,6-21,24-25H2,1,3H3. The molecule has 0 aromatic carbocycles. The molecular formula is C26H50. The van der Waals surface area contributed by atoms with Gasteiger partial charge in [-0.15, -0.1) is 6.58 Å². The van der Waals surface area contributed by atoms with E-state index in [9.17, 15) is 0 Å². The molecule has 0 heteroatoms. The smallest absolute Gasteiger partial charge is 0.0322 e. The molecule has 0 spiro atoms. The van der Waals surface area contributed by atoms with Crippen LogP contribution in [-0.2, 0) is 0 Å². The van der Waals surface area contributed by atoms with Crippen LogP contribution in [0, 0.1) is 5.92 Å². The van der Waals surface area contributed by atoms with Gasteiger partial charge in [-0.3, -0.25) is 0 Å². The molecule has 0 aliphatic carbocycles. The van der Waals surface area contributed by atoms with Gasteiger partial charge in [-0.2, -0.15) is 0 Å². The lowest BCUT2D eigenvalue weighted by Crippen LogP contribution is -1.88. The summed E-state index contributed by atoms with van der Waals surface area (Å²) in [6.07, 6.45) is 33.7. The molecule has 0 radical (unpaired) electrons. The third-order valence-corrected chi connectivity index (χ3v) is 5.50. The van der Waals surface area contributed by atoms with Crippen LogP contribution in [0.1, 0.15) is 136 Å². The summed E-state index contributed by atoms with van der Waals surface area (Å²) in [5, 5.41) is 0. The van der Waals surface area contributed by atoms with Crippen LogP contribution >= 0.6 is 0 Å². The molecule has 0 aromatic heterocycles. The van der Waals surface area contributed by atoms with Crippen molar-refractivity contribution in [2.75, 3.05) is 0 Å². The van der Waals surface area contributed by atoms with E-state index in [0.717, 1.165) is 12.3 Å². The zero-order chi connectivity index (χ0) is 19.1. The SMILES string of the molecule is C=CCC(C)CC=CCCCCCCCCCCCCCCCCCC. The fourth-order valence-electron chi connectivity index (χ4n) is 3.64. The zero-order valence-corrected chi connectivity index (χ0v) is 18.5. The largest absolute Gasteiger partial charge is 0.103 e. The Morgan fingerprint density at radius 2 is 1.00 bits per heavy atom. The zero-order valence-electron chi connectivity index (χ0n) is 18.5. The molecule has 0 N–H and O–H groups in total.